The second-order valence-corrected chi connectivity index (χ2v) is 9.09. The Bertz CT molecular complexity index is 895. The van der Waals surface area contributed by atoms with Crippen LogP contribution >= 0.6 is 0 Å². The highest BCUT2D eigenvalue weighted by atomic mass is 19.1. The van der Waals surface area contributed by atoms with Gasteiger partial charge in [-0.1, -0.05) is 6.07 Å². The molecule has 1 aliphatic heterocycles. The maximum atomic E-state index is 14.2. The van der Waals surface area contributed by atoms with E-state index in [1.807, 2.05) is 27.7 Å². The fraction of sp³-hybridized carbons (Fsp3) is 0.550. The Kier molecular flexibility index (Phi) is 4.48. The monoisotopic (exact) mass is 375 g/mol. The molecule has 27 heavy (non-hydrogen) atoms. The van der Waals surface area contributed by atoms with E-state index in [4.69, 9.17) is 14.0 Å². The fourth-order valence-electron chi connectivity index (χ4n) is 3.11. The zero-order valence-corrected chi connectivity index (χ0v) is 17.3. The zero-order chi connectivity index (χ0) is 20.4. The van der Waals surface area contributed by atoms with Gasteiger partial charge in [-0.05, 0) is 61.5 Å². The SMILES string of the molecule is Cc1c(F)ccc2c(B3OC(C)(C)C(C)(C)O3)cn(C(=O)OC(C)(C)C)c12. The van der Waals surface area contributed by atoms with Gasteiger partial charge < -0.3 is 14.0 Å². The van der Waals surface area contributed by atoms with Gasteiger partial charge in [0.05, 0.1) is 16.7 Å². The van der Waals surface area contributed by atoms with Gasteiger partial charge in [-0.25, -0.2) is 9.18 Å². The number of aryl methyl sites for hydroxylation is 1. The molecule has 0 N–H and O–H groups in total. The molecule has 0 radical (unpaired) electrons. The average Bonchev–Trinajstić information content (AvgIpc) is 2.97. The third-order valence-corrected chi connectivity index (χ3v) is 5.28. The van der Waals surface area contributed by atoms with Crippen molar-refractivity contribution in [1.29, 1.82) is 0 Å². The first-order valence-corrected chi connectivity index (χ1v) is 9.12. The van der Waals surface area contributed by atoms with Crippen LogP contribution < -0.4 is 5.46 Å². The van der Waals surface area contributed by atoms with Gasteiger partial charge in [-0.2, -0.15) is 0 Å². The van der Waals surface area contributed by atoms with Crippen LogP contribution in [-0.4, -0.2) is 34.6 Å². The van der Waals surface area contributed by atoms with E-state index >= 15 is 0 Å². The number of nitrogens with zero attached hydrogens (tertiary/aromatic N) is 1. The van der Waals surface area contributed by atoms with E-state index < -0.39 is 30.0 Å². The molecule has 5 nitrogen and oxygen atoms in total. The summed E-state index contributed by atoms with van der Waals surface area (Å²) in [4.78, 5) is 12.8. The van der Waals surface area contributed by atoms with Crippen LogP contribution in [-0.2, 0) is 14.0 Å². The van der Waals surface area contributed by atoms with Gasteiger partial charge in [0, 0.05) is 22.6 Å². The topological polar surface area (TPSA) is 49.7 Å². The lowest BCUT2D eigenvalue weighted by Gasteiger charge is -2.32. The van der Waals surface area contributed by atoms with E-state index in [2.05, 4.69) is 0 Å². The summed E-state index contributed by atoms with van der Waals surface area (Å²) >= 11 is 0. The minimum Gasteiger partial charge on any atom is -0.443 e. The molecule has 1 aliphatic rings. The normalized spacial score (nSPS) is 18.9. The fourth-order valence-corrected chi connectivity index (χ4v) is 3.11. The molecule has 0 bridgehead atoms. The molecule has 0 unspecified atom stereocenters. The van der Waals surface area contributed by atoms with Gasteiger partial charge in [0.15, 0.2) is 0 Å². The van der Waals surface area contributed by atoms with Gasteiger partial charge in [-0.15, -0.1) is 0 Å². The number of carbonyl (C=O) groups excluding carboxylic acids is 1. The minimum atomic E-state index is -0.667. The van der Waals surface area contributed by atoms with Crippen LogP contribution in [0.15, 0.2) is 18.3 Å². The van der Waals surface area contributed by atoms with Crippen molar-refractivity contribution in [2.45, 2.75) is 72.2 Å². The van der Waals surface area contributed by atoms with Crippen molar-refractivity contribution in [1.82, 2.24) is 4.57 Å². The number of carbonyl (C=O) groups is 1. The van der Waals surface area contributed by atoms with Gasteiger partial charge >= 0.3 is 13.2 Å². The molecule has 7 heteroatoms. The largest absolute Gasteiger partial charge is 0.497 e. The molecule has 0 atom stereocenters. The van der Waals surface area contributed by atoms with Crippen molar-refractivity contribution < 1.29 is 23.2 Å². The van der Waals surface area contributed by atoms with Crippen molar-refractivity contribution in [2.24, 2.45) is 0 Å². The molecular weight excluding hydrogens is 348 g/mol. The standard InChI is InChI=1S/C20H27BFNO4/c1-12-15(22)10-9-13-14(21-26-19(5,6)20(7,8)27-21)11-23(16(12)13)17(24)25-18(2,3)4/h9-11H,1-8H3. The zero-order valence-electron chi connectivity index (χ0n) is 17.3. The summed E-state index contributed by atoms with van der Waals surface area (Å²) in [5.74, 6) is -0.383. The quantitative estimate of drug-likeness (QED) is 0.702. The van der Waals surface area contributed by atoms with Gasteiger partial charge in [0.25, 0.3) is 0 Å². The summed E-state index contributed by atoms with van der Waals surface area (Å²) in [7, 11) is -0.661. The molecule has 1 aromatic carbocycles. The molecule has 1 saturated heterocycles. The average molecular weight is 375 g/mol. The van der Waals surface area contributed by atoms with Crippen molar-refractivity contribution in [2.75, 3.05) is 0 Å². The van der Waals surface area contributed by atoms with Crippen molar-refractivity contribution in [3.05, 3.63) is 29.7 Å². The number of halogens is 1. The van der Waals surface area contributed by atoms with Crippen molar-refractivity contribution in [3.8, 4) is 0 Å². The molecule has 0 amide bonds. The summed E-state index contributed by atoms with van der Waals surface area (Å²) in [6.45, 7) is 14.9. The second kappa shape index (κ2) is 6.07. The number of benzene rings is 1. The van der Waals surface area contributed by atoms with Gasteiger partial charge in [0.2, 0.25) is 0 Å². The smallest absolute Gasteiger partial charge is 0.443 e. The Balaban J connectivity index is 2.16. The number of hydrogen-bond acceptors (Lipinski definition) is 4. The summed E-state index contributed by atoms with van der Waals surface area (Å²) in [5, 5.41) is 0.707. The first kappa shape index (κ1) is 19.9. The summed E-state index contributed by atoms with van der Waals surface area (Å²) in [5.41, 5.74) is -0.188. The number of rotatable bonds is 1. The predicted octanol–water partition coefficient (Wildman–Crippen LogP) is 4.17. The van der Waals surface area contributed by atoms with Crippen LogP contribution in [0.5, 0.6) is 0 Å². The number of ether oxygens (including phenoxy) is 1. The molecule has 0 spiro atoms. The summed E-state index contributed by atoms with van der Waals surface area (Å²) in [6.07, 6.45) is 1.07. The molecule has 146 valence electrons. The highest BCUT2D eigenvalue weighted by Gasteiger charge is 2.52. The minimum absolute atomic E-state index is 0.376. The van der Waals surface area contributed by atoms with Crippen molar-refractivity contribution in [3.63, 3.8) is 0 Å². The van der Waals surface area contributed by atoms with Crippen LogP contribution in [0.25, 0.3) is 10.9 Å². The molecule has 0 saturated carbocycles. The molecular formula is C20H27BFNO4. The first-order chi connectivity index (χ1) is 12.2. The van der Waals surface area contributed by atoms with Crippen LogP contribution in [0.4, 0.5) is 9.18 Å². The van der Waals surface area contributed by atoms with Crippen LogP contribution in [0.2, 0.25) is 0 Å². The predicted molar refractivity (Wildman–Crippen MR) is 104 cm³/mol. The van der Waals surface area contributed by atoms with E-state index in [0.717, 1.165) is 0 Å². The van der Waals surface area contributed by atoms with Crippen LogP contribution in [0, 0.1) is 12.7 Å². The molecule has 0 aliphatic carbocycles. The number of aromatic nitrogens is 1. The second-order valence-electron chi connectivity index (χ2n) is 9.09. The molecule has 2 heterocycles. The molecule has 2 aromatic rings. The lowest BCUT2D eigenvalue weighted by Crippen LogP contribution is -2.41. The van der Waals surface area contributed by atoms with Gasteiger partial charge in [-0.3, -0.25) is 4.57 Å². The summed E-state index contributed by atoms with van der Waals surface area (Å²) in [6, 6.07) is 3.05. The molecule has 1 fully saturated rings. The Labute approximate surface area is 159 Å². The molecule has 1 aromatic heterocycles. The van der Waals surface area contributed by atoms with E-state index in [1.54, 1.807) is 40.0 Å². The van der Waals surface area contributed by atoms with Gasteiger partial charge in [0.1, 0.15) is 11.4 Å². The highest BCUT2D eigenvalue weighted by Crippen LogP contribution is 2.37. The Morgan fingerprint density at radius 1 is 1.15 bits per heavy atom. The Morgan fingerprint density at radius 2 is 1.70 bits per heavy atom. The van der Waals surface area contributed by atoms with E-state index in [-0.39, 0.29) is 5.82 Å². The Morgan fingerprint density at radius 3 is 2.22 bits per heavy atom. The maximum Gasteiger partial charge on any atom is 0.497 e. The first-order valence-electron chi connectivity index (χ1n) is 9.12. The number of fused-ring (bicyclic) bond motifs is 1. The Hall–Kier alpha value is -1.86. The molecule has 3 rings (SSSR count). The maximum absolute atomic E-state index is 14.2. The lowest BCUT2D eigenvalue weighted by atomic mass is 9.79. The van der Waals surface area contributed by atoms with Crippen molar-refractivity contribution >= 4 is 29.6 Å². The van der Waals surface area contributed by atoms with E-state index in [9.17, 15) is 9.18 Å². The summed E-state index contributed by atoms with van der Waals surface area (Å²) < 4.78 is 33.4. The van der Waals surface area contributed by atoms with Crippen LogP contribution in [0.1, 0.15) is 54.0 Å². The van der Waals surface area contributed by atoms with E-state index in [0.29, 0.717) is 21.9 Å². The number of hydrogen-bond donors (Lipinski definition) is 0. The van der Waals surface area contributed by atoms with E-state index in [1.165, 1.54) is 10.6 Å². The highest BCUT2D eigenvalue weighted by molar-refractivity contribution is 6.65. The third-order valence-electron chi connectivity index (χ3n) is 5.28. The lowest BCUT2D eigenvalue weighted by molar-refractivity contribution is 0.00578. The van der Waals surface area contributed by atoms with Crippen LogP contribution in [0.3, 0.4) is 0 Å². The third kappa shape index (κ3) is 3.38.